The molecule has 0 heterocycles. The maximum atomic E-state index is 11.9. The van der Waals surface area contributed by atoms with E-state index in [1.165, 1.54) is 0 Å². The van der Waals surface area contributed by atoms with Crippen LogP contribution in [0.25, 0.3) is 0 Å². The van der Waals surface area contributed by atoms with Crippen molar-refractivity contribution in [2.45, 2.75) is 39.2 Å². The van der Waals surface area contributed by atoms with E-state index >= 15 is 0 Å². The van der Waals surface area contributed by atoms with Gasteiger partial charge in [-0.15, -0.1) is 0 Å². The molecule has 1 fully saturated rings. The van der Waals surface area contributed by atoms with Gasteiger partial charge in [0.25, 0.3) is 0 Å². The Kier molecular flexibility index (Phi) is 4.95. The average molecular weight is 256 g/mol. The van der Waals surface area contributed by atoms with Crippen LogP contribution in [0.3, 0.4) is 0 Å². The summed E-state index contributed by atoms with van der Waals surface area (Å²) >= 11 is 0. The third-order valence-corrected chi connectivity index (χ3v) is 3.64. The van der Waals surface area contributed by atoms with Crippen LogP contribution in [-0.4, -0.2) is 48.0 Å². The molecule has 4 N–H and O–H groups in total. The molecule has 0 spiro atoms. The first-order valence-corrected chi connectivity index (χ1v) is 6.40. The van der Waals surface area contributed by atoms with E-state index < -0.39 is 5.41 Å². The number of carbonyl (C=O) groups excluding carboxylic acids is 1. The minimum absolute atomic E-state index is 0.0271. The second kappa shape index (κ2) is 6.04. The molecule has 0 atom stereocenters. The molecule has 0 radical (unpaired) electrons. The summed E-state index contributed by atoms with van der Waals surface area (Å²) in [6.07, 6.45) is 2.23. The van der Waals surface area contributed by atoms with Gasteiger partial charge < -0.3 is 21.2 Å². The van der Waals surface area contributed by atoms with Gasteiger partial charge in [0.1, 0.15) is 5.41 Å². The van der Waals surface area contributed by atoms with E-state index in [2.05, 4.69) is 36.3 Å². The summed E-state index contributed by atoms with van der Waals surface area (Å²) in [5.41, 5.74) is 4.80. The first-order valence-electron chi connectivity index (χ1n) is 6.40. The SMILES string of the molecule is CC(C)N(C)CCCNC(=O)C1(C(N)=NO)CC1. The lowest BCUT2D eigenvalue weighted by atomic mass is 10.1. The van der Waals surface area contributed by atoms with E-state index in [4.69, 9.17) is 10.9 Å². The van der Waals surface area contributed by atoms with Gasteiger partial charge in [-0.3, -0.25) is 4.79 Å². The summed E-state index contributed by atoms with van der Waals surface area (Å²) in [6.45, 7) is 5.83. The minimum Gasteiger partial charge on any atom is -0.409 e. The van der Waals surface area contributed by atoms with Gasteiger partial charge in [0.15, 0.2) is 5.84 Å². The Labute approximate surface area is 108 Å². The van der Waals surface area contributed by atoms with Crippen LogP contribution in [0.4, 0.5) is 0 Å². The largest absolute Gasteiger partial charge is 0.409 e. The predicted molar refractivity (Wildman–Crippen MR) is 70.5 cm³/mol. The number of rotatable bonds is 7. The topological polar surface area (TPSA) is 91.0 Å². The molecule has 18 heavy (non-hydrogen) atoms. The third kappa shape index (κ3) is 3.35. The normalized spacial score (nSPS) is 18.2. The highest BCUT2D eigenvalue weighted by Gasteiger charge is 2.53. The lowest BCUT2D eigenvalue weighted by molar-refractivity contribution is -0.124. The van der Waals surface area contributed by atoms with E-state index in [-0.39, 0.29) is 11.7 Å². The highest BCUT2D eigenvalue weighted by molar-refractivity contribution is 6.09. The molecular formula is C12H24N4O2. The predicted octanol–water partition coefficient (Wildman–Crippen LogP) is 0.360. The maximum absolute atomic E-state index is 11.9. The summed E-state index contributed by atoms with van der Waals surface area (Å²) in [5.74, 6) is -0.0932. The van der Waals surface area contributed by atoms with Gasteiger partial charge in [0, 0.05) is 12.6 Å². The Morgan fingerprint density at radius 1 is 1.56 bits per heavy atom. The van der Waals surface area contributed by atoms with Crippen molar-refractivity contribution in [1.29, 1.82) is 0 Å². The van der Waals surface area contributed by atoms with Crippen molar-refractivity contribution in [1.82, 2.24) is 10.2 Å². The Morgan fingerprint density at radius 2 is 2.17 bits per heavy atom. The highest BCUT2D eigenvalue weighted by Crippen LogP contribution is 2.45. The van der Waals surface area contributed by atoms with Gasteiger partial charge in [-0.25, -0.2) is 0 Å². The van der Waals surface area contributed by atoms with Crippen LogP contribution in [0.15, 0.2) is 5.16 Å². The van der Waals surface area contributed by atoms with E-state index in [0.717, 1.165) is 13.0 Å². The van der Waals surface area contributed by atoms with Crippen LogP contribution in [0.5, 0.6) is 0 Å². The smallest absolute Gasteiger partial charge is 0.233 e. The summed E-state index contributed by atoms with van der Waals surface area (Å²) < 4.78 is 0. The number of nitrogens with one attached hydrogen (secondary N) is 1. The van der Waals surface area contributed by atoms with Gasteiger partial charge in [0.05, 0.1) is 0 Å². The molecule has 1 rings (SSSR count). The Morgan fingerprint density at radius 3 is 2.61 bits per heavy atom. The van der Waals surface area contributed by atoms with E-state index in [1.807, 2.05) is 0 Å². The second-order valence-corrected chi connectivity index (χ2v) is 5.25. The number of amides is 1. The molecule has 6 nitrogen and oxygen atoms in total. The van der Waals surface area contributed by atoms with E-state index in [9.17, 15) is 4.79 Å². The fraction of sp³-hybridized carbons (Fsp3) is 0.833. The first-order chi connectivity index (χ1) is 8.44. The monoisotopic (exact) mass is 256 g/mol. The summed E-state index contributed by atoms with van der Waals surface area (Å²) in [5, 5.41) is 14.4. The summed E-state index contributed by atoms with van der Waals surface area (Å²) in [6, 6.07) is 0.507. The second-order valence-electron chi connectivity index (χ2n) is 5.25. The molecule has 1 saturated carbocycles. The van der Waals surface area contributed by atoms with Crippen molar-refractivity contribution in [2.75, 3.05) is 20.1 Å². The number of hydrogen-bond donors (Lipinski definition) is 3. The van der Waals surface area contributed by atoms with Crippen molar-refractivity contribution in [2.24, 2.45) is 16.3 Å². The Hall–Kier alpha value is -1.30. The molecule has 0 unspecified atom stereocenters. The fourth-order valence-electron chi connectivity index (χ4n) is 1.78. The molecule has 1 aliphatic rings. The zero-order valence-electron chi connectivity index (χ0n) is 11.4. The number of amidine groups is 1. The number of nitrogens with two attached hydrogens (primary N) is 1. The van der Waals surface area contributed by atoms with Gasteiger partial charge >= 0.3 is 0 Å². The van der Waals surface area contributed by atoms with E-state index in [1.54, 1.807) is 0 Å². The molecule has 0 aromatic heterocycles. The van der Waals surface area contributed by atoms with Crippen molar-refractivity contribution in [3.63, 3.8) is 0 Å². The average Bonchev–Trinajstić information content (AvgIpc) is 3.14. The molecule has 6 heteroatoms. The number of oxime groups is 1. The quantitative estimate of drug-likeness (QED) is 0.202. The molecule has 0 aromatic carbocycles. The number of carbonyl (C=O) groups is 1. The molecule has 0 aliphatic heterocycles. The van der Waals surface area contributed by atoms with Crippen molar-refractivity contribution >= 4 is 11.7 Å². The fourth-order valence-corrected chi connectivity index (χ4v) is 1.78. The van der Waals surface area contributed by atoms with Crippen LogP contribution >= 0.6 is 0 Å². The molecule has 1 amide bonds. The van der Waals surface area contributed by atoms with Gasteiger partial charge in [-0.05, 0) is 46.7 Å². The molecular weight excluding hydrogens is 232 g/mol. The van der Waals surface area contributed by atoms with Crippen molar-refractivity contribution in [3.8, 4) is 0 Å². The molecule has 0 aromatic rings. The Bertz CT molecular complexity index is 324. The lowest BCUT2D eigenvalue weighted by Gasteiger charge is -2.21. The first kappa shape index (κ1) is 14.8. The molecule has 0 saturated heterocycles. The highest BCUT2D eigenvalue weighted by atomic mass is 16.4. The van der Waals surface area contributed by atoms with Crippen LogP contribution in [0.2, 0.25) is 0 Å². The van der Waals surface area contributed by atoms with Crippen molar-refractivity contribution in [3.05, 3.63) is 0 Å². The van der Waals surface area contributed by atoms with Gasteiger partial charge in [0.2, 0.25) is 5.91 Å². The molecule has 0 bridgehead atoms. The number of hydrogen-bond acceptors (Lipinski definition) is 4. The zero-order valence-corrected chi connectivity index (χ0v) is 11.4. The van der Waals surface area contributed by atoms with E-state index in [0.29, 0.717) is 25.4 Å². The van der Waals surface area contributed by atoms with Crippen LogP contribution in [0.1, 0.15) is 33.1 Å². The van der Waals surface area contributed by atoms with Gasteiger partial charge in [-0.1, -0.05) is 5.16 Å². The maximum Gasteiger partial charge on any atom is 0.233 e. The Balaban J connectivity index is 2.27. The number of nitrogens with zero attached hydrogens (tertiary/aromatic N) is 2. The van der Waals surface area contributed by atoms with Crippen LogP contribution < -0.4 is 11.1 Å². The van der Waals surface area contributed by atoms with Crippen molar-refractivity contribution < 1.29 is 10.0 Å². The van der Waals surface area contributed by atoms with Crippen LogP contribution in [0, 0.1) is 5.41 Å². The standard InChI is InChI=1S/C12H24N4O2/c1-9(2)16(3)8-4-7-14-11(17)12(5-6-12)10(13)15-18/h9,18H,4-8H2,1-3H3,(H2,13,15)(H,14,17). The zero-order chi connectivity index (χ0) is 13.8. The van der Waals surface area contributed by atoms with Gasteiger partial charge in [-0.2, -0.15) is 0 Å². The third-order valence-electron chi connectivity index (χ3n) is 3.64. The summed E-state index contributed by atoms with van der Waals surface area (Å²) in [4.78, 5) is 14.1. The molecule has 104 valence electrons. The lowest BCUT2D eigenvalue weighted by Crippen LogP contribution is -2.41. The summed E-state index contributed by atoms with van der Waals surface area (Å²) in [7, 11) is 2.06. The minimum atomic E-state index is -0.737. The van der Waals surface area contributed by atoms with Crippen LogP contribution in [-0.2, 0) is 4.79 Å². The molecule has 1 aliphatic carbocycles.